The number of amides is 3. The number of ether oxygens (including phenoxy) is 1. The fraction of sp³-hybridized carbons (Fsp3) is 0.545. The summed E-state index contributed by atoms with van der Waals surface area (Å²) in [6.45, 7) is 4.81. The Balaban J connectivity index is 1.35. The van der Waals surface area contributed by atoms with Crippen molar-refractivity contribution in [3.8, 4) is 0 Å². The van der Waals surface area contributed by atoms with Gasteiger partial charge < -0.3 is 10.1 Å². The van der Waals surface area contributed by atoms with Gasteiger partial charge in [0, 0.05) is 5.69 Å². The number of benzene rings is 1. The van der Waals surface area contributed by atoms with E-state index >= 15 is 0 Å². The SMILES string of the molecule is Cc1ccc(C)c(NC(=O)COC(=O)[C@H](C)N2C(=O)[C@H]3[C@@H]4CC[C@H](C4)[C@@H]3C2=O)c1. The molecule has 0 radical (unpaired) electrons. The molecule has 5 atom stereocenters. The molecule has 0 unspecified atom stereocenters. The summed E-state index contributed by atoms with van der Waals surface area (Å²) in [6, 6.07) is 4.66. The highest BCUT2D eigenvalue weighted by Crippen LogP contribution is 2.56. The summed E-state index contributed by atoms with van der Waals surface area (Å²) in [6.07, 6.45) is 2.91. The summed E-state index contributed by atoms with van der Waals surface area (Å²) in [5.41, 5.74) is 2.56. The smallest absolute Gasteiger partial charge is 0.329 e. The zero-order valence-electron chi connectivity index (χ0n) is 16.9. The molecule has 1 aromatic rings. The number of imide groups is 1. The van der Waals surface area contributed by atoms with Gasteiger partial charge in [-0.25, -0.2) is 4.79 Å². The third-order valence-corrected chi connectivity index (χ3v) is 6.70. The van der Waals surface area contributed by atoms with Crippen molar-refractivity contribution < 1.29 is 23.9 Å². The highest BCUT2D eigenvalue weighted by Gasteiger charge is 2.62. The zero-order valence-corrected chi connectivity index (χ0v) is 16.9. The number of esters is 1. The van der Waals surface area contributed by atoms with Crippen molar-refractivity contribution >= 4 is 29.4 Å². The van der Waals surface area contributed by atoms with E-state index in [0.717, 1.165) is 35.3 Å². The number of rotatable bonds is 5. The summed E-state index contributed by atoms with van der Waals surface area (Å²) in [5.74, 6) is -1.74. The number of fused-ring (bicyclic) bond motifs is 5. The molecule has 0 aromatic heterocycles. The van der Waals surface area contributed by atoms with Crippen molar-refractivity contribution in [3.05, 3.63) is 29.3 Å². The molecule has 7 nitrogen and oxygen atoms in total. The molecule has 2 saturated carbocycles. The lowest BCUT2D eigenvalue weighted by molar-refractivity contribution is -0.159. The normalized spacial score (nSPS) is 28.4. The molecule has 3 amide bonds. The van der Waals surface area contributed by atoms with Crippen LogP contribution in [-0.2, 0) is 23.9 Å². The first-order valence-electron chi connectivity index (χ1n) is 10.2. The van der Waals surface area contributed by atoms with Crippen molar-refractivity contribution in [2.24, 2.45) is 23.7 Å². The first kappa shape index (κ1) is 19.6. The highest BCUT2D eigenvalue weighted by atomic mass is 16.5. The average molecular weight is 398 g/mol. The molecule has 3 aliphatic rings. The molecule has 1 heterocycles. The van der Waals surface area contributed by atoms with Gasteiger partial charge in [0.15, 0.2) is 6.61 Å². The van der Waals surface area contributed by atoms with Crippen molar-refractivity contribution in [1.29, 1.82) is 0 Å². The third kappa shape index (κ3) is 3.32. The van der Waals surface area contributed by atoms with Gasteiger partial charge in [0.05, 0.1) is 11.8 Å². The van der Waals surface area contributed by atoms with Crippen LogP contribution in [0.4, 0.5) is 5.69 Å². The molecular formula is C22H26N2O5. The van der Waals surface area contributed by atoms with E-state index in [4.69, 9.17) is 4.74 Å². The quantitative estimate of drug-likeness (QED) is 0.606. The van der Waals surface area contributed by atoms with Gasteiger partial charge in [0.1, 0.15) is 6.04 Å². The second-order valence-corrected chi connectivity index (χ2v) is 8.58. The second kappa shape index (κ2) is 7.28. The minimum absolute atomic E-state index is 0.253. The molecule has 2 aliphatic carbocycles. The van der Waals surface area contributed by atoms with Gasteiger partial charge in [0.25, 0.3) is 5.91 Å². The summed E-state index contributed by atoms with van der Waals surface area (Å²) < 4.78 is 5.11. The molecule has 1 aliphatic heterocycles. The Kier molecular flexibility index (Phi) is 4.92. The molecule has 154 valence electrons. The fourth-order valence-electron chi connectivity index (χ4n) is 5.23. The molecule has 29 heavy (non-hydrogen) atoms. The number of anilines is 1. The van der Waals surface area contributed by atoms with Gasteiger partial charge in [-0.15, -0.1) is 0 Å². The predicted molar refractivity (Wildman–Crippen MR) is 105 cm³/mol. The van der Waals surface area contributed by atoms with Crippen LogP contribution in [0.15, 0.2) is 18.2 Å². The van der Waals surface area contributed by atoms with Crippen LogP contribution in [0.3, 0.4) is 0 Å². The van der Waals surface area contributed by atoms with E-state index in [0.29, 0.717) is 5.69 Å². The highest BCUT2D eigenvalue weighted by molar-refractivity contribution is 6.08. The van der Waals surface area contributed by atoms with Gasteiger partial charge in [-0.05, 0) is 69.1 Å². The number of nitrogens with one attached hydrogen (secondary N) is 1. The molecular weight excluding hydrogens is 372 g/mol. The number of carbonyl (C=O) groups excluding carboxylic acids is 4. The lowest BCUT2D eigenvalue weighted by Gasteiger charge is -2.23. The Morgan fingerprint density at radius 1 is 1.14 bits per heavy atom. The Morgan fingerprint density at radius 3 is 2.38 bits per heavy atom. The van der Waals surface area contributed by atoms with E-state index in [-0.39, 0.29) is 35.5 Å². The topological polar surface area (TPSA) is 92.8 Å². The Labute approximate surface area is 169 Å². The van der Waals surface area contributed by atoms with Crippen LogP contribution in [0, 0.1) is 37.5 Å². The lowest BCUT2D eigenvalue weighted by Crippen LogP contribution is -2.45. The summed E-state index contributed by atoms with van der Waals surface area (Å²) in [4.78, 5) is 51.3. The predicted octanol–water partition coefficient (Wildman–Crippen LogP) is 2.20. The molecule has 1 aromatic carbocycles. The van der Waals surface area contributed by atoms with Crippen LogP contribution < -0.4 is 5.32 Å². The van der Waals surface area contributed by atoms with Gasteiger partial charge in [0.2, 0.25) is 11.8 Å². The summed E-state index contributed by atoms with van der Waals surface area (Å²) in [5, 5.41) is 2.72. The fourth-order valence-corrected chi connectivity index (χ4v) is 5.23. The van der Waals surface area contributed by atoms with Crippen molar-refractivity contribution in [2.45, 2.75) is 46.1 Å². The van der Waals surface area contributed by atoms with Crippen molar-refractivity contribution in [3.63, 3.8) is 0 Å². The Hall–Kier alpha value is -2.70. The maximum atomic E-state index is 12.8. The van der Waals surface area contributed by atoms with E-state index in [2.05, 4.69) is 5.32 Å². The number of aryl methyl sites for hydroxylation is 2. The monoisotopic (exact) mass is 398 g/mol. The van der Waals surface area contributed by atoms with Gasteiger partial charge in [-0.2, -0.15) is 0 Å². The minimum atomic E-state index is -1.02. The van der Waals surface area contributed by atoms with Gasteiger partial charge in [-0.3, -0.25) is 19.3 Å². The molecule has 7 heteroatoms. The van der Waals surface area contributed by atoms with Crippen molar-refractivity contribution in [1.82, 2.24) is 4.90 Å². The number of hydrogen-bond acceptors (Lipinski definition) is 5. The van der Waals surface area contributed by atoms with Crippen molar-refractivity contribution in [2.75, 3.05) is 11.9 Å². The summed E-state index contributed by atoms with van der Waals surface area (Å²) >= 11 is 0. The Bertz CT molecular complexity index is 867. The number of likely N-dealkylation sites (tertiary alicyclic amines) is 1. The first-order valence-corrected chi connectivity index (χ1v) is 10.2. The molecule has 1 saturated heterocycles. The Morgan fingerprint density at radius 2 is 1.76 bits per heavy atom. The van der Waals surface area contributed by atoms with Gasteiger partial charge in [-0.1, -0.05) is 12.1 Å². The molecule has 3 fully saturated rings. The molecule has 0 spiro atoms. The zero-order chi connectivity index (χ0) is 20.9. The maximum Gasteiger partial charge on any atom is 0.329 e. The van der Waals surface area contributed by atoms with E-state index in [1.807, 2.05) is 32.0 Å². The van der Waals surface area contributed by atoms with E-state index in [1.54, 1.807) is 0 Å². The van der Waals surface area contributed by atoms with Crippen LogP contribution in [-0.4, -0.2) is 41.2 Å². The van der Waals surface area contributed by atoms with Crippen LogP contribution in [0.25, 0.3) is 0 Å². The lowest BCUT2D eigenvalue weighted by atomic mass is 9.81. The second-order valence-electron chi connectivity index (χ2n) is 8.58. The van der Waals surface area contributed by atoms with E-state index in [9.17, 15) is 19.2 Å². The first-order chi connectivity index (χ1) is 13.8. The van der Waals surface area contributed by atoms with Crippen LogP contribution in [0.1, 0.15) is 37.3 Å². The molecule has 4 rings (SSSR count). The largest absolute Gasteiger partial charge is 0.454 e. The maximum absolute atomic E-state index is 12.8. The van der Waals surface area contributed by atoms with E-state index in [1.165, 1.54) is 6.92 Å². The van der Waals surface area contributed by atoms with Crippen LogP contribution in [0.2, 0.25) is 0 Å². The number of carbonyl (C=O) groups is 4. The number of nitrogens with zero attached hydrogens (tertiary/aromatic N) is 1. The standard InChI is InChI=1S/C22H26N2O5/c1-11-4-5-12(2)16(8-11)23-17(25)10-29-22(28)13(3)24-20(26)18-14-6-7-15(9-14)19(18)21(24)27/h4-5,8,13-15,18-19H,6-7,9-10H2,1-3H3,(H,23,25)/t13-,14+,15+,18-,19-/m0/s1. The minimum Gasteiger partial charge on any atom is -0.454 e. The average Bonchev–Trinajstić information content (AvgIpc) is 3.36. The summed E-state index contributed by atoms with van der Waals surface area (Å²) in [7, 11) is 0. The number of hydrogen-bond donors (Lipinski definition) is 1. The van der Waals surface area contributed by atoms with Crippen LogP contribution in [0.5, 0.6) is 0 Å². The molecule has 2 bridgehead atoms. The van der Waals surface area contributed by atoms with Crippen LogP contribution >= 0.6 is 0 Å². The van der Waals surface area contributed by atoms with E-state index < -0.39 is 24.5 Å². The third-order valence-electron chi connectivity index (χ3n) is 6.70. The van der Waals surface area contributed by atoms with Gasteiger partial charge >= 0.3 is 5.97 Å². The molecule has 1 N–H and O–H groups in total.